The van der Waals surface area contributed by atoms with Crippen LogP contribution in [0.15, 0.2) is 16.8 Å². The van der Waals surface area contributed by atoms with Crippen molar-refractivity contribution in [3.63, 3.8) is 0 Å². The van der Waals surface area contributed by atoms with Crippen LogP contribution in [-0.2, 0) is 4.74 Å². The molecule has 1 saturated heterocycles. The lowest BCUT2D eigenvalue weighted by molar-refractivity contribution is 0.121. The van der Waals surface area contributed by atoms with E-state index in [1.54, 1.807) is 13.3 Å². The van der Waals surface area contributed by atoms with Gasteiger partial charge in [-0.05, 0) is 17.1 Å². The van der Waals surface area contributed by atoms with Gasteiger partial charge in [-0.1, -0.05) is 13.8 Å². The number of hydrogen-bond donors (Lipinski definition) is 0. The second-order valence-corrected chi connectivity index (χ2v) is 5.47. The van der Waals surface area contributed by atoms with Crippen molar-refractivity contribution in [2.45, 2.75) is 19.8 Å². The van der Waals surface area contributed by atoms with Crippen LogP contribution in [0.2, 0.25) is 0 Å². The van der Waals surface area contributed by atoms with Crippen LogP contribution in [0.3, 0.4) is 0 Å². The zero-order valence-corrected chi connectivity index (χ0v) is 13.1. The minimum absolute atomic E-state index is 0.288. The molecule has 1 aliphatic heterocycles. The molecule has 7 heteroatoms. The van der Waals surface area contributed by atoms with Crippen LogP contribution in [0.4, 0.5) is 5.95 Å². The molecule has 0 amide bonds. The largest absolute Gasteiger partial charge is 0.495 e. The Balaban J connectivity index is 1.86. The topological polar surface area (TPSA) is 73.5 Å². The number of ether oxygens (including phenoxy) is 2. The molecule has 3 heterocycles. The standard InChI is InChI=1S/C15H20N4O3/c1-10(2)13-12(20-3)8-11(9-16-13)14-17-15(18-22-14)19-4-6-21-7-5-19/h8-10H,4-7H2,1-3H3. The lowest BCUT2D eigenvalue weighted by Crippen LogP contribution is -2.36. The van der Waals surface area contributed by atoms with Gasteiger partial charge in [-0.3, -0.25) is 4.98 Å². The Morgan fingerprint density at radius 3 is 2.73 bits per heavy atom. The quantitative estimate of drug-likeness (QED) is 0.856. The van der Waals surface area contributed by atoms with Crippen molar-refractivity contribution in [2.75, 3.05) is 38.3 Å². The molecule has 3 rings (SSSR count). The molecule has 0 aliphatic carbocycles. The molecule has 0 radical (unpaired) electrons. The molecule has 0 unspecified atom stereocenters. The van der Waals surface area contributed by atoms with E-state index < -0.39 is 0 Å². The third kappa shape index (κ3) is 2.89. The van der Waals surface area contributed by atoms with Crippen molar-refractivity contribution in [3.05, 3.63) is 18.0 Å². The van der Waals surface area contributed by atoms with Crippen molar-refractivity contribution in [2.24, 2.45) is 0 Å². The number of hydrogen-bond acceptors (Lipinski definition) is 7. The van der Waals surface area contributed by atoms with E-state index >= 15 is 0 Å². The minimum atomic E-state index is 0.288. The maximum absolute atomic E-state index is 5.41. The van der Waals surface area contributed by atoms with Crippen LogP contribution in [0, 0.1) is 0 Å². The number of morpholine rings is 1. The molecule has 0 atom stereocenters. The molecule has 1 aliphatic rings. The first-order valence-corrected chi connectivity index (χ1v) is 7.39. The fraction of sp³-hybridized carbons (Fsp3) is 0.533. The first kappa shape index (κ1) is 14.8. The van der Waals surface area contributed by atoms with E-state index in [1.807, 2.05) is 11.0 Å². The molecule has 0 saturated carbocycles. The summed E-state index contributed by atoms with van der Waals surface area (Å²) < 4.78 is 16.1. The van der Waals surface area contributed by atoms with Gasteiger partial charge in [-0.2, -0.15) is 4.98 Å². The fourth-order valence-corrected chi connectivity index (χ4v) is 2.39. The second-order valence-electron chi connectivity index (χ2n) is 5.47. The van der Waals surface area contributed by atoms with Crippen LogP contribution in [0.5, 0.6) is 5.75 Å². The highest BCUT2D eigenvalue weighted by molar-refractivity contribution is 5.57. The van der Waals surface area contributed by atoms with E-state index in [0.29, 0.717) is 25.1 Å². The normalized spacial score (nSPS) is 15.4. The third-order valence-electron chi connectivity index (χ3n) is 3.60. The second kappa shape index (κ2) is 6.31. The van der Waals surface area contributed by atoms with Crippen LogP contribution in [0.25, 0.3) is 11.5 Å². The van der Waals surface area contributed by atoms with Crippen LogP contribution < -0.4 is 9.64 Å². The van der Waals surface area contributed by atoms with E-state index in [-0.39, 0.29) is 5.92 Å². The van der Waals surface area contributed by atoms with Gasteiger partial charge in [0.2, 0.25) is 0 Å². The van der Waals surface area contributed by atoms with E-state index in [0.717, 1.165) is 30.1 Å². The summed E-state index contributed by atoms with van der Waals surface area (Å²) in [4.78, 5) is 11.0. The molecule has 7 nitrogen and oxygen atoms in total. The van der Waals surface area contributed by atoms with Crippen molar-refractivity contribution in [1.82, 2.24) is 15.1 Å². The highest BCUT2D eigenvalue weighted by atomic mass is 16.5. The molecular formula is C15H20N4O3. The summed E-state index contributed by atoms with van der Waals surface area (Å²) in [7, 11) is 1.64. The molecular weight excluding hydrogens is 284 g/mol. The molecule has 0 aromatic carbocycles. The number of anilines is 1. The Hall–Kier alpha value is -2.15. The molecule has 22 heavy (non-hydrogen) atoms. The molecule has 0 spiro atoms. The van der Waals surface area contributed by atoms with Gasteiger partial charge in [0.25, 0.3) is 11.8 Å². The van der Waals surface area contributed by atoms with Gasteiger partial charge in [0, 0.05) is 19.3 Å². The first-order chi connectivity index (χ1) is 10.7. The van der Waals surface area contributed by atoms with Crippen LogP contribution in [0.1, 0.15) is 25.5 Å². The van der Waals surface area contributed by atoms with E-state index in [2.05, 4.69) is 29.0 Å². The van der Waals surface area contributed by atoms with Gasteiger partial charge in [0.1, 0.15) is 5.75 Å². The van der Waals surface area contributed by atoms with Crippen molar-refractivity contribution < 1.29 is 14.0 Å². The van der Waals surface area contributed by atoms with Gasteiger partial charge >= 0.3 is 0 Å². The van der Waals surface area contributed by atoms with Crippen LogP contribution in [-0.4, -0.2) is 48.5 Å². The number of pyridine rings is 1. The Labute approximate surface area is 129 Å². The van der Waals surface area contributed by atoms with Gasteiger partial charge in [-0.15, -0.1) is 0 Å². The Kier molecular flexibility index (Phi) is 4.24. The lowest BCUT2D eigenvalue weighted by Gasteiger charge is -2.24. The average molecular weight is 304 g/mol. The fourth-order valence-electron chi connectivity index (χ4n) is 2.39. The summed E-state index contributed by atoms with van der Waals surface area (Å²) >= 11 is 0. The number of nitrogens with zero attached hydrogens (tertiary/aromatic N) is 4. The zero-order valence-electron chi connectivity index (χ0n) is 13.1. The van der Waals surface area contributed by atoms with Crippen molar-refractivity contribution in [3.8, 4) is 17.2 Å². The van der Waals surface area contributed by atoms with Gasteiger partial charge < -0.3 is 18.9 Å². The Morgan fingerprint density at radius 1 is 1.27 bits per heavy atom. The summed E-state index contributed by atoms with van der Waals surface area (Å²) in [6.07, 6.45) is 1.74. The Bertz CT molecular complexity index is 635. The van der Waals surface area contributed by atoms with Crippen molar-refractivity contribution >= 4 is 5.95 Å². The average Bonchev–Trinajstić information content (AvgIpc) is 3.05. The number of aromatic nitrogens is 3. The smallest absolute Gasteiger partial charge is 0.266 e. The first-order valence-electron chi connectivity index (χ1n) is 7.39. The van der Waals surface area contributed by atoms with Gasteiger partial charge in [0.15, 0.2) is 0 Å². The zero-order chi connectivity index (χ0) is 15.5. The molecule has 1 fully saturated rings. The highest BCUT2D eigenvalue weighted by Crippen LogP contribution is 2.29. The highest BCUT2D eigenvalue weighted by Gasteiger charge is 2.19. The Morgan fingerprint density at radius 2 is 2.05 bits per heavy atom. The van der Waals surface area contributed by atoms with E-state index in [4.69, 9.17) is 14.0 Å². The molecule has 0 bridgehead atoms. The lowest BCUT2D eigenvalue weighted by atomic mass is 10.1. The summed E-state index contributed by atoms with van der Waals surface area (Å²) in [6, 6.07) is 1.89. The molecule has 2 aromatic heterocycles. The summed E-state index contributed by atoms with van der Waals surface area (Å²) in [5.74, 6) is 2.06. The van der Waals surface area contributed by atoms with Gasteiger partial charge in [-0.25, -0.2) is 0 Å². The summed E-state index contributed by atoms with van der Waals surface area (Å²) in [5, 5.41) is 4.04. The van der Waals surface area contributed by atoms with Gasteiger partial charge in [0.05, 0.1) is 31.6 Å². The molecule has 0 N–H and O–H groups in total. The predicted octanol–water partition coefficient (Wildman–Crippen LogP) is 2.10. The maximum Gasteiger partial charge on any atom is 0.266 e. The summed E-state index contributed by atoms with van der Waals surface area (Å²) in [6.45, 7) is 7.06. The van der Waals surface area contributed by atoms with Crippen molar-refractivity contribution in [1.29, 1.82) is 0 Å². The van der Waals surface area contributed by atoms with E-state index in [1.165, 1.54) is 0 Å². The molecule has 118 valence electrons. The maximum atomic E-state index is 5.41. The third-order valence-corrected chi connectivity index (χ3v) is 3.60. The minimum Gasteiger partial charge on any atom is -0.495 e. The number of rotatable bonds is 4. The monoisotopic (exact) mass is 304 g/mol. The molecule has 2 aromatic rings. The van der Waals surface area contributed by atoms with Crippen LogP contribution >= 0.6 is 0 Å². The SMILES string of the molecule is COc1cc(-c2nc(N3CCOCC3)no2)cnc1C(C)C. The summed E-state index contributed by atoms with van der Waals surface area (Å²) in [5.41, 5.74) is 1.67. The number of methoxy groups -OCH3 is 1. The van der Waals surface area contributed by atoms with E-state index in [9.17, 15) is 0 Å². The predicted molar refractivity (Wildman–Crippen MR) is 81.2 cm³/mol.